The van der Waals surface area contributed by atoms with Crippen LogP contribution in [0.4, 0.5) is 0 Å². The van der Waals surface area contributed by atoms with Crippen molar-refractivity contribution >= 4 is 12.9 Å². The van der Waals surface area contributed by atoms with E-state index in [9.17, 15) is 0 Å². The molecule has 0 N–H and O–H groups in total. The first kappa shape index (κ1) is 8.06. The van der Waals surface area contributed by atoms with Gasteiger partial charge in [0.05, 0.1) is 0 Å². The SMILES string of the molecule is C=C/C=C1/CCB/C1=N/C=C. The highest BCUT2D eigenvalue weighted by molar-refractivity contribution is 6.80. The molecule has 0 spiro atoms. The van der Waals surface area contributed by atoms with Gasteiger partial charge in [0, 0.05) is 11.8 Å². The molecule has 0 aromatic rings. The van der Waals surface area contributed by atoms with Gasteiger partial charge in [0.2, 0.25) is 0 Å². The topological polar surface area (TPSA) is 12.4 Å². The van der Waals surface area contributed by atoms with Crippen molar-refractivity contribution in [1.82, 2.24) is 0 Å². The first-order valence-corrected chi connectivity index (χ1v) is 3.88. The molecular weight excluding hydrogens is 133 g/mol. The maximum atomic E-state index is 4.19. The van der Waals surface area contributed by atoms with Gasteiger partial charge in [0.25, 0.3) is 0 Å². The van der Waals surface area contributed by atoms with Crippen LogP contribution >= 0.6 is 0 Å². The smallest absolute Gasteiger partial charge is 0.182 e. The molecular formula is C9H12BN. The van der Waals surface area contributed by atoms with Gasteiger partial charge in [0.1, 0.15) is 0 Å². The first-order chi connectivity index (χ1) is 5.38. The van der Waals surface area contributed by atoms with Crippen LogP contribution in [0.5, 0.6) is 0 Å². The van der Waals surface area contributed by atoms with Crippen molar-refractivity contribution in [3.05, 3.63) is 37.1 Å². The summed E-state index contributed by atoms with van der Waals surface area (Å²) in [6, 6.07) is 0. The lowest BCUT2D eigenvalue weighted by molar-refractivity contribution is 1.19. The fraction of sp³-hybridized carbons (Fsp3) is 0.222. The first-order valence-electron chi connectivity index (χ1n) is 3.88. The molecule has 1 rings (SSSR count). The summed E-state index contributed by atoms with van der Waals surface area (Å²) in [5, 5.41) is 0. The summed E-state index contributed by atoms with van der Waals surface area (Å²) in [5.74, 6) is 0. The Bertz CT molecular complexity index is 202. The van der Waals surface area contributed by atoms with E-state index >= 15 is 0 Å². The van der Waals surface area contributed by atoms with E-state index in [0.717, 1.165) is 13.7 Å². The number of hydrogen-bond acceptors (Lipinski definition) is 1. The summed E-state index contributed by atoms with van der Waals surface area (Å²) in [7, 11) is 1.09. The van der Waals surface area contributed by atoms with Crippen LogP contribution in [0.25, 0.3) is 0 Å². The fourth-order valence-corrected chi connectivity index (χ4v) is 1.33. The van der Waals surface area contributed by atoms with Crippen LogP contribution < -0.4 is 0 Å². The van der Waals surface area contributed by atoms with E-state index in [4.69, 9.17) is 0 Å². The number of nitrogens with zero attached hydrogens (tertiary/aromatic N) is 1. The molecule has 0 radical (unpaired) electrons. The lowest BCUT2D eigenvalue weighted by atomic mass is 9.74. The monoisotopic (exact) mass is 145 g/mol. The zero-order valence-electron chi connectivity index (χ0n) is 6.71. The second kappa shape index (κ2) is 3.96. The molecule has 56 valence electrons. The van der Waals surface area contributed by atoms with Gasteiger partial charge >= 0.3 is 0 Å². The van der Waals surface area contributed by atoms with Gasteiger partial charge in [-0.2, -0.15) is 0 Å². The van der Waals surface area contributed by atoms with Gasteiger partial charge in [-0.3, -0.25) is 4.99 Å². The van der Waals surface area contributed by atoms with Crippen LogP contribution in [-0.2, 0) is 0 Å². The van der Waals surface area contributed by atoms with E-state index in [1.807, 2.05) is 12.2 Å². The van der Waals surface area contributed by atoms with Crippen LogP contribution in [0.1, 0.15) is 6.42 Å². The van der Waals surface area contributed by atoms with Crippen LogP contribution in [0.15, 0.2) is 42.1 Å². The van der Waals surface area contributed by atoms with Gasteiger partial charge in [-0.05, 0) is 12.0 Å². The molecule has 1 heterocycles. The summed E-state index contributed by atoms with van der Waals surface area (Å²) in [4.78, 5) is 4.19. The number of hydrogen-bond donors (Lipinski definition) is 0. The minimum atomic E-state index is 1.09. The molecule has 1 aliphatic heterocycles. The normalized spacial score (nSPS) is 23.6. The molecule has 0 saturated carbocycles. The third-order valence-electron chi connectivity index (χ3n) is 1.80. The van der Waals surface area contributed by atoms with Crippen LogP contribution in [-0.4, -0.2) is 12.9 Å². The van der Waals surface area contributed by atoms with E-state index in [0.29, 0.717) is 0 Å². The van der Waals surface area contributed by atoms with Crippen molar-refractivity contribution in [2.75, 3.05) is 0 Å². The second-order valence-corrected chi connectivity index (χ2v) is 2.54. The molecule has 0 aliphatic carbocycles. The minimum Gasteiger partial charge on any atom is -0.272 e. The molecule has 0 aromatic carbocycles. The minimum absolute atomic E-state index is 1.09. The molecule has 0 bridgehead atoms. The predicted molar refractivity (Wildman–Crippen MR) is 52.5 cm³/mol. The average Bonchev–Trinajstić information content (AvgIpc) is 2.39. The van der Waals surface area contributed by atoms with Crippen LogP contribution in [0.2, 0.25) is 6.32 Å². The average molecular weight is 145 g/mol. The summed E-state index contributed by atoms with van der Waals surface area (Å²) < 4.78 is 0. The lowest BCUT2D eigenvalue weighted by Crippen LogP contribution is -2.00. The molecule has 0 aromatic heterocycles. The van der Waals surface area contributed by atoms with Gasteiger partial charge in [-0.25, -0.2) is 0 Å². The summed E-state index contributed by atoms with van der Waals surface area (Å²) in [5.41, 5.74) is 2.50. The Balaban J connectivity index is 2.80. The summed E-state index contributed by atoms with van der Waals surface area (Å²) in [6.45, 7) is 7.24. The molecule has 0 amide bonds. The molecule has 1 nitrogen and oxygen atoms in total. The molecule has 1 saturated heterocycles. The fourth-order valence-electron chi connectivity index (χ4n) is 1.33. The number of aliphatic imine (C=N–C) groups is 1. The van der Waals surface area contributed by atoms with E-state index < -0.39 is 0 Å². The van der Waals surface area contributed by atoms with Crippen LogP contribution in [0, 0.1) is 0 Å². The van der Waals surface area contributed by atoms with Gasteiger partial charge < -0.3 is 0 Å². The Kier molecular flexibility index (Phi) is 2.90. The van der Waals surface area contributed by atoms with Crippen molar-refractivity contribution < 1.29 is 0 Å². The third kappa shape index (κ3) is 1.94. The van der Waals surface area contributed by atoms with Crippen molar-refractivity contribution in [2.45, 2.75) is 12.7 Å². The standard InChI is InChI=1S/C9H12BN/c1-3-5-8-6-7-10-9(8)11-4-2/h3-5,10H,1-2,6-7H2/b8-5-,11-9+. The Morgan fingerprint density at radius 3 is 2.91 bits per heavy atom. The van der Waals surface area contributed by atoms with E-state index in [1.54, 1.807) is 6.20 Å². The highest BCUT2D eigenvalue weighted by Crippen LogP contribution is 2.16. The van der Waals surface area contributed by atoms with Crippen LogP contribution in [0.3, 0.4) is 0 Å². The Morgan fingerprint density at radius 2 is 2.27 bits per heavy atom. The largest absolute Gasteiger partial charge is 0.272 e. The quantitative estimate of drug-likeness (QED) is 0.526. The molecule has 1 aliphatic rings. The van der Waals surface area contributed by atoms with E-state index in [1.165, 1.54) is 17.5 Å². The Labute approximate surface area is 68.5 Å². The molecule has 11 heavy (non-hydrogen) atoms. The Morgan fingerprint density at radius 1 is 1.45 bits per heavy atom. The van der Waals surface area contributed by atoms with Gasteiger partial charge in [-0.15, -0.1) is 0 Å². The highest BCUT2D eigenvalue weighted by atomic mass is 14.7. The van der Waals surface area contributed by atoms with E-state index in [2.05, 4.69) is 18.2 Å². The molecule has 0 atom stereocenters. The van der Waals surface area contributed by atoms with Crippen molar-refractivity contribution in [1.29, 1.82) is 0 Å². The lowest BCUT2D eigenvalue weighted by Gasteiger charge is -1.94. The van der Waals surface area contributed by atoms with Crippen molar-refractivity contribution in [3.8, 4) is 0 Å². The Hall–Kier alpha value is -1.05. The molecule has 2 heteroatoms. The van der Waals surface area contributed by atoms with Crippen molar-refractivity contribution in [3.63, 3.8) is 0 Å². The molecule has 1 fully saturated rings. The highest BCUT2D eigenvalue weighted by Gasteiger charge is 2.14. The maximum absolute atomic E-state index is 4.19. The van der Waals surface area contributed by atoms with Crippen molar-refractivity contribution in [2.24, 2.45) is 4.99 Å². The van der Waals surface area contributed by atoms with Gasteiger partial charge in [-0.1, -0.05) is 31.6 Å². The third-order valence-corrected chi connectivity index (χ3v) is 1.80. The zero-order chi connectivity index (χ0) is 8.10. The number of rotatable bonds is 2. The van der Waals surface area contributed by atoms with Gasteiger partial charge in [0.15, 0.2) is 7.28 Å². The summed E-state index contributed by atoms with van der Waals surface area (Å²) in [6.07, 6.45) is 7.82. The number of allylic oxidation sites excluding steroid dienone is 3. The van der Waals surface area contributed by atoms with E-state index in [-0.39, 0.29) is 0 Å². The predicted octanol–water partition coefficient (Wildman–Crippen LogP) is 1.90. The zero-order valence-corrected chi connectivity index (χ0v) is 6.71. The summed E-state index contributed by atoms with van der Waals surface area (Å²) >= 11 is 0. The molecule has 0 unspecified atom stereocenters. The maximum Gasteiger partial charge on any atom is 0.182 e. The second-order valence-electron chi connectivity index (χ2n) is 2.54.